The lowest BCUT2D eigenvalue weighted by Crippen LogP contribution is -2.26. The first-order valence-electron chi connectivity index (χ1n) is 4.30. The van der Waals surface area contributed by atoms with Gasteiger partial charge in [-0.3, -0.25) is 4.79 Å². The Morgan fingerprint density at radius 3 is 2.81 bits per heavy atom. The molecule has 8 heteroatoms. The van der Waals surface area contributed by atoms with E-state index in [1.54, 1.807) is 6.92 Å². The van der Waals surface area contributed by atoms with E-state index in [4.69, 9.17) is 40.2 Å². The van der Waals surface area contributed by atoms with E-state index in [1.165, 1.54) is 0 Å². The van der Waals surface area contributed by atoms with E-state index >= 15 is 0 Å². The highest BCUT2D eigenvalue weighted by molar-refractivity contribution is 7.80. The number of aromatic nitrogens is 1. The van der Waals surface area contributed by atoms with Crippen molar-refractivity contribution < 1.29 is 9.53 Å². The van der Waals surface area contributed by atoms with Gasteiger partial charge in [-0.15, -0.1) is 0 Å². The lowest BCUT2D eigenvalue weighted by Gasteiger charge is -2.06. The van der Waals surface area contributed by atoms with Crippen LogP contribution < -0.4 is 5.32 Å². The minimum Gasteiger partial charge on any atom is -0.461 e. The summed E-state index contributed by atoms with van der Waals surface area (Å²) in [5.74, 6) is -0.115. The van der Waals surface area contributed by atoms with Gasteiger partial charge in [0.15, 0.2) is 11.9 Å². The summed E-state index contributed by atoms with van der Waals surface area (Å²) in [4.78, 5) is 11.4. The minimum absolute atomic E-state index is 0.0113. The Bertz CT molecular complexity index is 409. The zero-order chi connectivity index (χ0) is 12.1. The van der Waals surface area contributed by atoms with Crippen molar-refractivity contribution in [2.24, 2.45) is 0 Å². The highest BCUT2D eigenvalue weighted by atomic mass is 35.5. The molecule has 1 heterocycles. The van der Waals surface area contributed by atoms with E-state index in [0.717, 1.165) is 11.5 Å². The number of hydrogen-bond donors (Lipinski definition) is 1. The lowest BCUT2D eigenvalue weighted by atomic mass is 10.5. The van der Waals surface area contributed by atoms with Crippen molar-refractivity contribution in [3.8, 4) is 0 Å². The van der Waals surface area contributed by atoms with Crippen LogP contribution in [0.25, 0.3) is 0 Å². The average molecular weight is 299 g/mol. The molecule has 0 saturated carbocycles. The number of rotatable bonds is 4. The maximum absolute atomic E-state index is 10.9. The van der Waals surface area contributed by atoms with Gasteiger partial charge in [-0.1, -0.05) is 30.1 Å². The number of hydrogen-bond acceptors (Lipinski definition) is 5. The first-order chi connectivity index (χ1) is 7.56. The Morgan fingerprint density at radius 1 is 1.62 bits per heavy atom. The van der Waals surface area contributed by atoms with Gasteiger partial charge in [0.2, 0.25) is 11.0 Å². The molecule has 1 amide bonds. The van der Waals surface area contributed by atoms with Crippen LogP contribution in [0.2, 0.25) is 10.2 Å². The fourth-order valence-corrected chi connectivity index (χ4v) is 2.20. The minimum atomic E-state index is -0.115. The van der Waals surface area contributed by atoms with Gasteiger partial charge in [0.1, 0.15) is 9.90 Å². The molecule has 16 heavy (non-hydrogen) atoms. The van der Waals surface area contributed by atoms with Crippen molar-refractivity contribution in [1.29, 1.82) is 0 Å². The smallest absolute Gasteiger partial charge is 0.222 e. The molecule has 0 saturated heterocycles. The highest BCUT2D eigenvalue weighted by Crippen LogP contribution is 2.29. The monoisotopic (exact) mass is 298 g/mol. The van der Waals surface area contributed by atoms with Gasteiger partial charge in [0, 0.05) is 6.42 Å². The van der Waals surface area contributed by atoms with Gasteiger partial charge in [0.25, 0.3) is 0 Å². The number of halogens is 2. The molecule has 0 unspecified atom stereocenters. The second-order valence-corrected chi connectivity index (χ2v) is 4.53. The van der Waals surface area contributed by atoms with Gasteiger partial charge in [0.05, 0.1) is 0 Å². The third-order valence-corrected chi connectivity index (χ3v) is 3.82. The molecule has 1 aromatic rings. The van der Waals surface area contributed by atoms with E-state index in [2.05, 4.69) is 9.69 Å². The van der Waals surface area contributed by atoms with Crippen molar-refractivity contribution in [2.45, 2.75) is 13.3 Å². The molecule has 0 fully saturated rings. The van der Waals surface area contributed by atoms with Crippen molar-refractivity contribution in [3.05, 3.63) is 15.1 Å². The number of amides is 1. The Kier molecular flexibility index (Phi) is 5.40. The third-order valence-electron chi connectivity index (χ3n) is 1.58. The van der Waals surface area contributed by atoms with Gasteiger partial charge in [-0.05, 0) is 23.8 Å². The summed E-state index contributed by atoms with van der Waals surface area (Å²) in [5.41, 5.74) is 0. The van der Waals surface area contributed by atoms with Crippen molar-refractivity contribution in [3.63, 3.8) is 0 Å². The molecule has 0 aliphatic heterocycles. The maximum atomic E-state index is 10.9. The second-order valence-electron chi connectivity index (χ2n) is 2.65. The molecule has 0 atom stereocenters. The standard InChI is InChI=1S/C8H8Cl2N2O2S2/c1-2-4(13)11-3-14-8(15)6-5(9)7(10)12-16-6/h2-3H2,1H3,(H,11,13). The number of nitrogens with zero attached hydrogens (tertiary/aromatic N) is 1. The van der Waals surface area contributed by atoms with Gasteiger partial charge < -0.3 is 10.1 Å². The first kappa shape index (κ1) is 13.6. The van der Waals surface area contributed by atoms with E-state index < -0.39 is 0 Å². The second kappa shape index (κ2) is 6.34. The van der Waals surface area contributed by atoms with Crippen LogP contribution in [0.5, 0.6) is 0 Å². The van der Waals surface area contributed by atoms with Gasteiger partial charge >= 0.3 is 0 Å². The predicted molar refractivity (Wildman–Crippen MR) is 68.2 cm³/mol. The summed E-state index contributed by atoms with van der Waals surface area (Å²) >= 11 is 17.5. The summed E-state index contributed by atoms with van der Waals surface area (Å²) in [7, 11) is 0. The van der Waals surface area contributed by atoms with E-state index in [0.29, 0.717) is 11.3 Å². The molecule has 0 aromatic carbocycles. The van der Waals surface area contributed by atoms with Crippen LogP contribution in [-0.4, -0.2) is 22.1 Å². The van der Waals surface area contributed by atoms with Gasteiger partial charge in [-0.2, -0.15) is 4.37 Å². The summed E-state index contributed by atoms with van der Waals surface area (Å²) in [6.07, 6.45) is 0.392. The zero-order valence-electron chi connectivity index (χ0n) is 8.25. The summed E-state index contributed by atoms with van der Waals surface area (Å²) in [6.45, 7) is 1.75. The summed E-state index contributed by atoms with van der Waals surface area (Å²) in [5, 5.41) is 3.17. The zero-order valence-corrected chi connectivity index (χ0v) is 11.4. The van der Waals surface area contributed by atoms with E-state index in [9.17, 15) is 4.79 Å². The van der Waals surface area contributed by atoms with E-state index in [1.807, 2.05) is 0 Å². The topological polar surface area (TPSA) is 51.2 Å². The maximum Gasteiger partial charge on any atom is 0.222 e. The Morgan fingerprint density at radius 2 is 2.31 bits per heavy atom. The summed E-state index contributed by atoms with van der Waals surface area (Å²) in [6, 6.07) is 0. The lowest BCUT2D eigenvalue weighted by molar-refractivity contribution is -0.121. The molecule has 0 bridgehead atoms. The molecule has 0 spiro atoms. The number of thiocarbonyl (C=S) groups is 1. The number of ether oxygens (including phenoxy) is 1. The predicted octanol–water partition coefficient (Wildman–Crippen LogP) is 2.63. The first-order valence-corrected chi connectivity index (χ1v) is 6.24. The quantitative estimate of drug-likeness (QED) is 0.686. The van der Waals surface area contributed by atoms with Crippen molar-refractivity contribution >= 4 is 57.9 Å². The Labute approximate surface area is 112 Å². The van der Waals surface area contributed by atoms with Crippen LogP contribution in [0.15, 0.2) is 0 Å². The normalized spacial score (nSPS) is 9.94. The van der Waals surface area contributed by atoms with Crippen LogP contribution in [0.3, 0.4) is 0 Å². The molecule has 1 N–H and O–H groups in total. The fraction of sp³-hybridized carbons (Fsp3) is 0.375. The molecule has 0 aliphatic carbocycles. The fourth-order valence-electron chi connectivity index (χ4n) is 0.759. The van der Waals surface area contributed by atoms with Crippen LogP contribution >= 0.6 is 47.0 Å². The highest BCUT2D eigenvalue weighted by Gasteiger charge is 2.15. The van der Waals surface area contributed by atoms with Crippen LogP contribution in [0.1, 0.15) is 18.2 Å². The van der Waals surface area contributed by atoms with Crippen molar-refractivity contribution in [2.75, 3.05) is 6.73 Å². The molecular weight excluding hydrogens is 291 g/mol. The molecule has 0 radical (unpaired) electrons. The van der Waals surface area contributed by atoms with Crippen molar-refractivity contribution in [1.82, 2.24) is 9.69 Å². The number of nitrogens with one attached hydrogen (secondary N) is 1. The molecule has 88 valence electrons. The Balaban J connectivity index is 2.47. The van der Waals surface area contributed by atoms with Crippen LogP contribution in [0, 0.1) is 0 Å². The molecule has 1 aromatic heterocycles. The molecule has 1 rings (SSSR count). The SMILES string of the molecule is CCC(=O)NCOC(=S)c1snc(Cl)c1Cl. The third kappa shape index (κ3) is 3.55. The van der Waals surface area contributed by atoms with Gasteiger partial charge in [-0.25, -0.2) is 0 Å². The summed E-state index contributed by atoms with van der Waals surface area (Å²) < 4.78 is 8.94. The van der Waals surface area contributed by atoms with E-state index in [-0.39, 0.29) is 27.9 Å². The number of carbonyl (C=O) groups excluding carboxylic acids is 1. The largest absolute Gasteiger partial charge is 0.461 e. The van der Waals surface area contributed by atoms with Crippen LogP contribution in [0.4, 0.5) is 0 Å². The molecule has 0 aliphatic rings. The number of carbonyl (C=O) groups is 1. The molecule has 4 nitrogen and oxygen atoms in total. The Hall–Kier alpha value is -0.430. The average Bonchev–Trinajstić information content (AvgIpc) is 2.59. The van der Waals surface area contributed by atoms with Crippen LogP contribution in [-0.2, 0) is 9.53 Å². The molecular formula is C8H8Cl2N2O2S2.